The number of carbonyl (C=O) groups is 2. The molecule has 0 radical (unpaired) electrons. The highest BCUT2D eigenvalue weighted by Gasteiger charge is 2.32. The molecule has 1 N–H and O–H groups in total. The normalized spacial score (nSPS) is 12.0. The molecule has 160 valence electrons. The highest BCUT2D eigenvalue weighted by molar-refractivity contribution is 7.92. The van der Waals surface area contributed by atoms with Crippen molar-refractivity contribution in [2.75, 3.05) is 23.0 Å². The maximum atomic E-state index is 12.9. The molecular formula is C19H21N3O7S. The van der Waals surface area contributed by atoms with Gasteiger partial charge in [-0.1, -0.05) is 13.0 Å². The molecule has 0 bridgehead atoms. The fraction of sp³-hybridized carbons (Fsp3) is 0.263. The van der Waals surface area contributed by atoms with Crippen LogP contribution in [0, 0.1) is 10.1 Å². The summed E-state index contributed by atoms with van der Waals surface area (Å²) in [6, 6.07) is 9.79. The van der Waals surface area contributed by atoms with Gasteiger partial charge in [0.05, 0.1) is 29.5 Å². The molecule has 2 aromatic rings. The number of nitro benzene ring substituents is 1. The smallest absolute Gasteiger partial charge is 0.337 e. The Morgan fingerprint density at radius 2 is 1.83 bits per heavy atom. The van der Waals surface area contributed by atoms with Gasteiger partial charge in [-0.25, -0.2) is 13.2 Å². The van der Waals surface area contributed by atoms with E-state index in [1.165, 1.54) is 49.6 Å². The first kappa shape index (κ1) is 22.8. The van der Waals surface area contributed by atoms with Crippen molar-refractivity contribution in [3.63, 3.8) is 0 Å². The molecule has 0 spiro atoms. The number of hydrogen-bond donors (Lipinski definition) is 1. The molecule has 2 rings (SSSR count). The lowest BCUT2D eigenvalue weighted by atomic mass is 10.1. The zero-order valence-corrected chi connectivity index (χ0v) is 17.4. The minimum atomic E-state index is -3.94. The second kappa shape index (κ2) is 9.35. The zero-order chi connectivity index (χ0) is 22.5. The maximum Gasteiger partial charge on any atom is 0.337 e. The summed E-state index contributed by atoms with van der Waals surface area (Å²) in [5.41, 5.74) is 0.347. The van der Waals surface area contributed by atoms with Crippen molar-refractivity contribution >= 4 is 39.0 Å². The van der Waals surface area contributed by atoms with Gasteiger partial charge >= 0.3 is 5.97 Å². The molecule has 1 atom stereocenters. The standard InChI is InChI=1S/C19H21N3O7S/c1-4-17(18(23)20-14-10-8-13(9-11-14)19(24)29-2)21(30(3,27)28)15-6-5-7-16(12-15)22(25)26/h5-12,17H,4H2,1-3H3,(H,20,23)/t17-/m0/s1. The molecule has 30 heavy (non-hydrogen) atoms. The summed E-state index contributed by atoms with van der Waals surface area (Å²) >= 11 is 0. The van der Waals surface area contributed by atoms with Gasteiger partial charge in [0.15, 0.2) is 0 Å². The lowest BCUT2D eigenvalue weighted by Gasteiger charge is -2.30. The third-order valence-corrected chi connectivity index (χ3v) is 5.38. The fourth-order valence-electron chi connectivity index (χ4n) is 2.84. The number of nitro groups is 1. The second-order valence-corrected chi connectivity index (χ2v) is 8.18. The Labute approximate surface area is 173 Å². The summed E-state index contributed by atoms with van der Waals surface area (Å²) in [4.78, 5) is 34.8. The molecule has 10 nitrogen and oxygen atoms in total. The number of rotatable bonds is 8. The first-order valence-electron chi connectivity index (χ1n) is 8.81. The van der Waals surface area contributed by atoms with Gasteiger partial charge < -0.3 is 10.1 Å². The first-order chi connectivity index (χ1) is 14.1. The van der Waals surface area contributed by atoms with E-state index in [-0.39, 0.29) is 23.4 Å². The average molecular weight is 435 g/mol. The number of sulfonamides is 1. The Kier molecular flexibility index (Phi) is 7.11. The van der Waals surface area contributed by atoms with E-state index in [9.17, 15) is 28.1 Å². The highest BCUT2D eigenvalue weighted by atomic mass is 32.2. The Hall–Kier alpha value is -3.47. The van der Waals surface area contributed by atoms with Gasteiger partial charge in [-0.05, 0) is 36.8 Å². The molecule has 1 amide bonds. The van der Waals surface area contributed by atoms with Crippen LogP contribution in [0.2, 0.25) is 0 Å². The van der Waals surface area contributed by atoms with Gasteiger partial charge in [0.25, 0.3) is 5.69 Å². The van der Waals surface area contributed by atoms with Crippen LogP contribution in [-0.4, -0.2) is 44.6 Å². The number of anilines is 2. The molecule has 0 aliphatic carbocycles. The van der Waals surface area contributed by atoms with Crippen molar-refractivity contribution in [3.8, 4) is 0 Å². The van der Waals surface area contributed by atoms with Crippen molar-refractivity contribution < 1.29 is 27.7 Å². The molecule has 11 heteroatoms. The number of hydrogen-bond acceptors (Lipinski definition) is 7. The SMILES string of the molecule is CC[C@@H](C(=O)Nc1ccc(C(=O)OC)cc1)N(c1cccc([N+](=O)[O-])c1)S(C)(=O)=O. The van der Waals surface area contributed by atoms with Crippen LogP contribution in [0.4, 0.5) is 17.1 Å². The number of ether oxygens (including phenoxy) is 1. The number of amides is 1. The fourth-order valence-corrected chi connectivity index (χ4v) is 4.04. The maximum absolute atomic E-state index is 12.9. The van der Waals surface area contributed by atoms with E-state index in [0.717, 1.165) is 16.6 Å². The summed E-state index contributed by atoms with van der Waals surface area (Å²) in [6.07, 6.45) is 1.04. The van der Waals surface area contributed by atoms with Crippen molar-refractivity contribution in [1.82, 2.24) is 0 Å². The minimum absolute atomic E-state index is 0.00902. The quantitative estimate of drug-likeness (QED) is 0.382. The topological polar surface area (TPSA) is 136 Å². The summed E-state index contributed by atoms with van der Waals surface area (Å²) in [5, 5.41) is 13.7. The summed E-state index contributed by atoms with van der Waals surface area (Å²) in [6.45, 7) is 1.63. The molecule has 0 aromatic heterocycles. The molecular weight excluding hydrogens is 414 g/mol. The van der Waals surface area contributed by atoms with Crippen molar-refractivity contribution in [3.05, 3.63) is 64.2 Å². The van der Waals surface area contributed by atoms with Crippen LogP contribution in [0.3, 0.4) is 0 Å². The lowest BCUT2D eigenvalue weighted by Crippen LogP contribution is -2.47. The molecule has 0 aliphatic rings. The number of nitrogens with one attached hydrogen (secondary N) is 1. The van der Waals surface area contributed by atoms with Gasteiger partial charge in [0.2, 0.25) is 15.9 Å². The van der Waals surface area contributed by atoms with E-state index in [1.807, 2.05) is 0 Å². The van der Waals surface area contributed by atoms with Crippen molar-refractivity contribution in [2.45, 2.75) is 19.4 Å². The van der Waals surface area contributed by atoms with Gasteiger partial charge in [0.1, 0.15) is 6.04 Å². The van der Waals surface area contributed by atoms with Crippen molar-refractivity contribution in [1.29, 1.82) is 0 Å². The predicted molar refractivity (Wildman–Crippen MR) is 111 cm³/mol. The van der Waals surface area contributed by atoms with E-state index in [0.29, 0.717) is 5.69 Å². The molecule has 2 aromatic carbocycles. The van der Waals surface area contributed by atoms with Gasteiger partial charge in [0, 0.05) is 17.8 Å². The average Bonchev–Trinajstić information content (AvgIpc) is 2.70. The van der Waals surface area contributed by atoms with Crippen LogP contribution in [0.25, 0.3) is 0 Å². The van der Waals surface area contributed by atoms with E-state index in [4.69, 9.17) is 0 Å². The largest absolute Gasteiger partial charge is 0.465 e. The van der Waals surface area contributed by atoms with Crippen LogP contribution < -0.4 is 9.62 Å². The third kappa shape index (κ3) is 5.32. The van der Waals surface area contributed by atoms with E-state index in [2.05, 4.69) is 10.1 Å². The van der Waals surface area contributed by atoms with E-state index in [1.54, 1.807) is 6.92 Å². The van der Waals surface area contributed by atoms with E-state index < -0.39 is 32.9 Å². The number of non-ortho nitro benzene ring substituents is 1. The van der Waals surface area contributed by atoms with Crippen LogP contribution in [0.5, 0.6) is 0 Å². The Morgan fingerprint density at radius 1 is 1.20 bits per heavy atom. The summed E-state index contributed by atoms with van der Waals surface area (Å²) < 4.78 is 30.4. The van der Waals surface area contributed by atoms with Gasteiger partial charge in [-0.15, -0.1) is 0 Å². The molecule has 0 heterocycles. The zero-order valence-electron chi connectivity index (χ0n) is 16.6. The van der Waals surface area contributed by atoms with E-state index >= 15 is 0 Å². The second-order valence-electron chi connectivity index (χ2n) is 6.32. The van der Waals surface area contributed by atoms with Crippen LogP contribution in [0.15, 0.2) is 48.5 Å². The molecule has 0 saturated carbocycles. The van der Waals surface area contributed by atoms with Crippen LogP contribution >= 0.6 is 0 Å². The first-order valence-corrected chi connectivity index (χ1v) is 10.7. The highest BCUT2D eigenvalue weighted by Crippen LogP contribution is 2.27. The third-order valence-electron chi connectivity index (χ3n) is 4.20. The predicted octanol–water partition coefficient (Wildman–Crippen LogP) is 2.56. The monoisotopic (exact) mass is 435 g/mol. The number of benzene rings is 2. The summed E-state index contributed by atoms with van der Waals surface area (Å²) in [7, 11) is -2.69. The van der Waals surface area contributed by atoms with Crippen LogP contribution in [-0.2, 0) is 19.6 Å². The molecule has 0 aliphatic heterocycles. The Bertz CT molecular complexity index is 1050. The number of nitrogens with zero attached hydrogens (tertiary/aromatic N) is 2. The lowest BCUT2D eigenvalue weighted by molar-refractivity contribution is -0.384. The number of methoxy groups -OCH3 is 1. The number of carbonyl (C=O) groups excluding carboxylic acids is 2. The molecule has 0 unspecified atom stereocenters. The summed E-state index contributed by atoms with van der Waals surface area (Å²) in [5.74, 6) is -1.16. The Balaban J connectivity index is 2.35. The molecule has 0 saturated heterocycles. The number of esters is 1. The molecule has 0 fully saturated rings. The Morgan fingerprint density at radius 3 is 2.33 bits per heavy atom. The van der Waals surface area contributed by atoms with Gasteiger partial charge in [-0.3, -0.25) is 19.2 Å². The minimum Gasteiger partial charge on any atom is -0.465 e. The van der Waals surface area contributed by atoms with Crippen LogP contribution in [0.1, 0.15) is 23.7 Å². The van der Waals surface area contributed by atoms with Crippen molar-refractivity contribution in [2.24, 2.45) is 0 Å². The van der Waals surface area contributed by atoms with Gasteiger partial charge in [-0.2, -0.15) is 0 Å².